The maximum Gasteiger partial charge on any atom is 0.327 e. The summed E-state index contributed by atoms with van der Waals surface area (Å²) in [7, 11) is 1.63. The van der Waals surface area contributed by atoms with Crippen LogP contribution in [0.5, 0.6) is 0 Å². The molecule has 1 saturated heterocycles. The lowest BCUT2D eigenvalue weighted by Crippen LogP contribution is -2.30. The van der Waals surface area contributed by atoms with E-state index in [0.29, 0.717) is 6.54 Å². The first-order valence-electron chi connectivity index (χ1n) is 4.88. The van der Waals surface area contributed by atoms with Crippen molar-refractivity contribution in [2.45, 2.75) is 6.54 Å². The van der Waals surface area contributed by atoms with Gasteiger partial charge in [0.05, 0.1) is 6.54 Å². The summed E-state index contributed by atoms with van der Waals surface area (Å²) in [6, 6.07) is 7.34. The van der Waals surface area contributed by atoms with Gasteiger partial charge in [0, 0.05) is 11.5 Å². The zero-order chi connectivity index (χ0) is 11.7. The molecule has 1 heterocycles. The third kappa shape index (κ3) is 2.09. The smallest absolute Gasteiger partial charge is 0.318 e. The summed E-state index contributed by atoms with van der Waals surface area (Å²) < 4.78 is 0.979. The van der Waals surface area contributed by atoms with Crippen LogP contribution in [-0.4, -0.2) is 35.3 Å². The Balaban J connectivity index is 2.13. The van der Waals surface area contributed by atoms with Crippen LogP contribution in [0.3, 0.4) is 0 Å². The standard InChI is InChI=1S/C11H11BrN2O2/c1-13-7-10(15)14(11(13)16)6-8-2-4-9(12)5-3-8/h2-5H,6-7H2,1H3. The van der Waals surface area contributed by atoms with Gasteiger partial charge in [-0.3, -0.25) is 9.69 Å². The molecule has 0 N–H and O–H groups in total. The van der Waals surface area contributed by atoms with Gasteiger partial charge in [0.25, 0.3) is 5.91 Å². The quantitative estimate of drug-likeness (QED) is 0.777. The maximum absolute atomic E-state index is 11.6. The Bertz CT molecular complexity index is 430. The Morgan fingerprint density at radius 2 is 1.88 bits per heavy atom. The second-order valence-corrected chi connectivity index (χ2v) is 4.66. The van der Waals surface area contributed by atoms with Gasteiger partial charge in [0.2, 0.25) is 0 Å². The van der Waals surface area contributed by atoms with E-state index >= 15 is 0 Å². The molecule has 1 aromatic rings. The monoisotopic (exact) mass is 282 g/mol. The number of benzene rings is 1. The summed E-state index contributed by atoms with van der Waals surface area (Å²) >= 11 is 3.34. The largest absolute Gasteiger partial charge is 0.327 e. The molecule has 1 fully saturated rings. The van der Waals surface area contributed by atoms with E-state index in [2.05, 4.69) is 15.9 Å². The second kappa shape index (κ2) is 4.25. The Morgan fingerprint density at radius 3 is 2.38 bits per heavy atom. The summed E-state index contributed by atoms with van der Waals surface area (Å²) in [5, 5.41) is 0. The molecule has 2 rings (SSSR count). The summed E-state index contributed by atoms with van der Waals surface area (Å²) in [5.74, 6) is -0.143. The molecule has 0 aromatic heterocycles. The normalized spacial score (nSPS) is 16.1. The minimum absolute atomic E-state index is 0.143. The number of carbonyl (C=O) groups excluding carboxylic acids is 2. The molecule has 16 heavy (non-hydrogen) atoms. The summed E-state index contributed by atoms with van der Waals surface area (Å²) in [6.07, 6.45) is 0. The summed E-state index contributed by atoms with van der Waals surface area (Å²) in [5.41, 5.74) is 0.945. The zero-order valence-corrected chi connectivity index (χ0v) is 10.4. The van der Waals surface area contributed by atoms with E-state index in [1.165, 1.54) is 9.80 Å². The zero-order valence-electron chi connectivity index (χ0n) is 8.81. The van der Waals surface area contributed by atoms with E-state index < -0.39 is 0 Å². The van der Waals surface area contributed by atoms with Gasteiger partial charge in [0.15, 0.2) is 0 Å². The number of halogens is 1. The first-order chi connectivity index (χ1) is 7.58. The SMILES string of the molecule is CN1CC(=O)N(Cc2ccc(Br)cc2)C1=O. The third-order valence-corrected chi connectivity index (χ3v) is 3.01. The average molecular weight is 283 g/mol. The molecule has 1 aromatic carbocycles. The Labute approximate surface area is 102 Å². The van der Waals surface area contributed by atoms with Crippen LogP contribution >= 0.6 is 15.9 Å². The van der Waals surface area contributed by atoms with E-state index in [0.717, 1.165) is 10.0 Å². The van der Waals surface area contributed by atoms with Crippen LogP contribution in [0.1, 0.15) is 5.56 Å². The highest BCUT2D eigenvalue weighted by Gasteiger charge is 2.33. The van der Waals surface area contributed by atoms with Gasteiger partial charge in [-0.15, -0.1) is 0 Å². The van der Waals surface area contributed by atoms with Crippen molar-refractivity contribution in [2.75, 3.05) is 13.6 Å². The third-order valence-electron chi connectivity index (χ3n) is 2.48. The molecule has 3 amide bonds. The fraction of sp³-hybridized carbons (Fsp3) is 0.273. The fourth-order valence-electron chi connectivity index (χ4n) is 1.60. The molecule has 0 aliphatic carbocycles. The topological polar surface area (TPSA) is 40.6 Å². The Morgan fingerprint density at radius 1 is 1.25 bits per heavy atom. The minimum atomic E-state index is -0.229. The number of nitrogens with zero attached hydrogens (tertiary/aromatic N) is 2. The van der Waals surface area contributed by atoms with Gasteiger partial charge < -0.3 is 4.90 Å². The number of hydrogen-bond acceptors (Lipinski definition) is 2. The molecule has 5 heteroatoms. The highest BCUT2D eigenvalue weighted by atomic mass is 79.9. The van der Waals surface area contributed by atoms with Crippen molar-refractivity contribution in [1.82, 2.24) is 9.80 Å². The highest BCUT2D eigenvalue weighted by Crippen LogP contribution is 2.15. The number of amides is 3. The molecule has 1 aliphatic rings. The van der Waals surface area contributed by atoms with Crippen LogP contribution in [0.4, 0.5) is 4.79 Å². The highest BCUT2D eigenvalue weighted by molar-refractivity contribution is 9.10. The lowest BCUT2D eigenvalue weighted by Gasteiger charge is -2.13. The average Bonchev–Trinajstić information content (AvgIpc) is 2.48. The minimum Gasteiger partial charge on any atom is -0.318 e. The molecular formula is C11H11BrN2O2. The molecule has 0 spiro atoms. The van der Waals surface area contributed by atoms with E-state index in [-0.39, 0.29) is 18.5 Å². The van der Waals surface area contributed by atoms with Crippen LogP contribution in [-0.2, 0) is 11.3 Å². The van der Waals surface area contributed by atoms with Crippen molar-refractivity contribution >= 4 is 27.9 Å². The van der Waals surface area contributed by atoms with Gasteiger partial charge >= 0.3 is 6.03 Å². The van der Waals surface area contributed by atoms with Gasteiger partial charge in [-0.2, -0.15) is 0 Å². The molecule has 0 radical (unpaired) electrons. The molecule has 4 nitrogen and oxygen atoms in total. The number of likely N-dealkylation sites (N-methyl/N-ethyl adjacent to an activating group) is 1. The first-order valence-corrected chi connectivity index (χ1v) is 5.67. The lowest BCUT2D eigenvalue weighted by molar-refractivity contribution is -0.125. The number of urea groups is 1. The van der Waals surface area contributed by atoms with Crippen molar-refractivity contribution in [3.8, 4) is 0 Å². The van der Waals surface area contributed by atoms with Crippen LogP contribution in [0.2, 0.25) is 0 Å². The molecule has 84 valence electrons. The number of carbonyl (C=O) groups is 2. The fourth-order valence-corrected chi connectivity index (χ4v) is 1.86. The van der Waals surface area contributed by atoms with Gasteiger partial charge in [0.1, 0.15) is 6.54 Å². The number of imide groups is 1. The van der Waals surface area contributed by atoms with Crippen molar-refractivity contribution in [3.05, 3.63) is 34.3 Å². The predicted molar refractivity (Wildman–Crippen MR) is 62.7 cm³/mol. The molecular weight excluding hydrogens is 272 g/mol. The Kier molecular flexibility index (Phi) is 2.96. The van der Waals surface area contributed by atoms with E-state index in [1.807, 2.05) is 24.3 Å². The van der Waals surface area contributed by atoms with Gasteiger partial charge in [-0.05, 0) is 17.7 Å². The summed E-state index contributed by atoms with van der Waals surface area (Å²) in [4.78, 5) is 25.8. The predicted octanol–water partition coefficient (Wildman–Crippen LogP) is 1.84. The van der Waals surface area contributed by atoms with Crippen molar-refractivity contribution in [3.63, 3.8) is 0 Å². The maximum atomic E-state index is 11.6. The van der Waals surface area contributed by atoms with Gasteiger partial charge in [-0.25, -0.2) is 4.79 Å². The van der Waals surface area contributed by atoms with Crippen LogP contribution in [0, 0.1) is 0 Å². The molecule has 0 atom stereocenters. The van der Waals surface area contributed by atoms with Crippen molar-refractivity contribution in [2.24, 2.45) is 0 Å². The lowest BCUT2D eigenvalue weighted by atomic mass is 10.2. The number of hydrogen-bond donors (Lipinski definition) is 0. The van der Waals surface area contributed by atoms with E-state index in [1.54, 1.807) is 7.05 Å². The second-order valence-electron chi connectivity index (χ2n) is 3.74. The Hall–Kier alpha value is -1.36. The molecule has 0 saturated carbocycles. The summed E-state index contributed by atoms with van der Waals surface area (Å²) in [6.45, 7) is 0.519. The van der Waals surface area contributed by atoms with E-state index in [9.17, 15) is 9.59 Å². The van der Waals surface area contributed by atoms with E-state index in [4.69, 9.17) is 0 Å². The van der Waals surface area contributed by atoms with Crippen LogP contribution < -0.4 is 0 Å². The van der Waals surface area contributed by atoms with Crippen LogP contribution in [0.25, 0.3) is 0 Å². The molecule has 0 bridgehead atoms. The number of rotatable bonds is 2. The van der Waals surface area contributed by atoms with Crippen LogP contribution in [0.15, 0.2) is 28.7 Å². The first kappa shape index (κ1) is 11.1. The van der Waals surface area contributed by atoms with Gasteiger partial charge in [-0.1, -0.05) is 28.1 Å². The molecule has 0 unspecified atom stereocenters. The molecule has 1 aliphatic heterocycles. The van der Waals surface area contributed by atoms with Crippen molar-refractivity contribution in [1.29, 1.82) is 0 Å². The van der Waals surface area contributed by atoms with Crippen molar-refractivity contribution < 1.29 is 9.59 Å².